The third-order valence-corrected chi connectivity index (χ3v) is 1.98. The quantitative estimate of drug-likeness (QED) is 0.704. The van der Waals surface area contributed by atoms with E-state index in [4.69, 9.17) is 5.11 Å². The fraction of sp³-hybridized carbons (Fsp3) is 0.455. The molecule has 14 heavy (non-hydrogen) atoms. The SMILES string of the molecule is C[C@H](O)CCNCc1ccc(F)cc1. The van der Waals surface area contributed by atoms with E-state index in [0.29, 0.717) is 6.54 Å². The highest BCUT2D eigenvalue weighted by atomic mass is 19.1. The Labute approximate surface area is 83.8 Å². The molecule has 1 aromatic carbocycles. The van der Waals surface area contributed by atoms with Gasteiger partial charge in [0.2, 0.25) is 0 Å². The number of aliphatic hydroxyl groups is 1. The van der Waals surface area contributed by atoms with E-state index in [0.717, 1.165) is 18.5 Å². The topological polar surface area (TPSA) is 32.3 Å². The lowest BCUT2D eigenvalue weighted by molar-refractivity contribution is 0.183. The van der Waals surface area contributed by atoms with Crippen LogP contribution < -0.4 is 5.32 Å². The average Bonchev–Trinajstić information content (AvgIpc) is 2.15. The standard InChI is InChI=1S/C11H16FNO/c1-9(14)6-7-13-8-10-2-4-11(12)5-3-10/h2-5,9,13-14H,6-8H2,1H3/t9-/m0/s1. The smallest absolute Gasteiger partial charge is 0.123 e. The molecule has 1 aromatic rings. The first kappa shape index (κ1) is 11.1. The molecule has 0 saturated carbocycles. The van der Waals surface area contributed by atoms with Crippen LogP contribution >= 0.6 is 0 Å². The predicted octanol–water partition coefficient (Wildman–Crippen LogP) is 1.69. The van der Waals surface area contributed by atoms with Crippen LogP contribution in [0.1, 0.15) is 18.9 Å². The second kappa shape index (κ2) is 5.73. The molecule has 78 valence electrons. The van der Waals surface area contributed by atoms with E-state index in [2.05, 4.69) is 5.32 Å². The first-order valence-electron chi connectivity index (χ1n) is 4.81. The van der Waals surface area contributed by atoms with Crippen molar-refractivity contribution in [2.45, 2.75) is 26.0 Å². The molecular formula is C11H16FNO. The van der Waals surface area contributed by atoms with Crippen LogP contribution in [-0.2, 0) is 6.54 Å². The molecule has 0 amide bonds. The Balaban J connectivity index is 2.21. The Bertz CT molecular complexity index is 258. The van der Waals surface area contributed by atoms with Crippen molar-refractivity contribution in [1.82, 2.24) is 5.32 Å². The van der Waals surface area contributed by atoms with Crippen LogP contribution in [0.3, 0.4) is 0 Å². The minimum absolute atomic E-state index is 0.210. The molecule has 0 radical (unpaired) electrons. The molecule has 3 heteroatoms. The van der Waals surface area contributed by atoms with E-state index < -0.39 is 0 Å². The number of aliphatic hydroxyl groups excluding tert-OH is 1. The zero-order chi connectivity index (χ0) is 10.4. The molecule has 2 nitrogen and oxygen atoms in total. The van der Waals surface area contributed by atoms with Crippen molar-refractivity contribution in [3.8, 4) is 0 Å². The highest BCUT2D eigenvalue weighted by Gasteiger charge is 1.96. The first-order chi connectivity index (χ1) is 6.68. The zero-order valence-electron chi connectivity index (χ0n) is 8.33. The average molecular weight is 197 g/mol. The third kappa shape index (κ3) is 4.35. The first-order valence-corrected chi connectivity index (χ1v) is 4.81. The molecule has 0 aliphatic carbocycles. The summed E-state index contributed by atoms with van der Waals surface area (Å²) in [6.45, 7) is 3.25. The molecular weight excluding hydrogens is 181 g/mol. The molecule has 0 aromatic heterocycles. The molecule has 0 bridgehead atoms. The maximum atomic E-state index is 12.5. The summed E-state index contributed by atoms with van der Waals surface area (Å²) in [4.78, 5) is 0. The van der Waals surface area contributed by atoms with Gasteiger partial charge in [0.05, 0.1) is 6.10 Å². The van der Waals surface area contributed by atoms with Gasteiger partial charge in [0.15, 0.2) is 0 Å². The predicted molar refractivity (Wildman–Crippen MR) is 54.4 cm³/mol. The lowest BCUT2D eigenvalue weighted by atomic mass is 10.2. The molecule has 0 aliphatic heterocycles. The second-order valence-electron chi connectivity index (χ2n) is 3.44. The van der Waals surface area contributed by atoms with Gasteiger partial charge in [-0.25, -0.2) is 4.39 Å². The summed E-state index contributed by atoms with van der Waals surface area (Å²) in [5, 5.41) is 12.2. The summed E-state index contributed by atoms with van der Waals surface area (Å²) < 4.78 is 12.5. The van der Waals surface area contributed by atoms with Crippen molar-refractivity contribution < 1.29 is 9.50 Å². The summed E-state index contributed by atoms with van der Waals surface area (Å²) in [6.07, 6.45) is 0.469. The Morgan fingerprint density at radius 1 is 1.36 bits per heavy atom. The van der Waals surface area contributed by atoms with E-state index in [9.17, 15) is 4.39 Å². The maximum absolute atomic E-state index is 12.5. The molecule has 1 rings (SSSR count). The van der Waals surface area contributed by atoms with Crippen molar-refractivity contribution in [1.29, 1.82) is 0 Å². The van der Waals surface area contributed by atoms with Crippen LogP contribution in [0.5, 0.6) is 0 Å². The Morgan fingerprint density at radius 2 is 2.00 bits per heavy atom. The molecule has 0 aliphatic rings. The normalized spacial score (nSPS) is 12.8. The van der Waals surface area contributed by atoms with Crippen molar-refractivity contribution in [2.24, 2.45) is 0 Å². The highest BCUT2D eigenvalue weighted by molar-refractivity contribution is 5.15. The molecule has 1 atom stereocenters. The minimum atomic E-state index is -0.268. The van der Waals surface area contributed by atoms with Gasteiger partial charge in [-0.3, -0.25) is 0 Å². The summed E-state index contributed by atoms with van der Waals surface area (Å²) in [5.41, 5.74) is 1.05. The van der Waals surface area contributed by atoms with E-state index >= 15 is 0 Å². The monoisotopic (exact) mass is 197 g/mol. The van der Waals surface area contributed by atoms with Crippen molar-refractivity contribution in [3.05, 3.63) is 35.6 Å². The van der Waals surface area contributed by atoms with E-state index in [-0.39, 0.29) is 11.9 Å². The van der Waals surface area contributed by atoms with Gasteiger partial charge in [-0.05, 0) is 37.6 Å². The van der Waals surface area contributed by atoms with Crippen LogP contribution in [0.25, 0.3) is 0 Å². The van der Waals surface area contributed by atoms with Crippen molar-refractivity contribution in [2.75, 3.05) is 6.54 Å². The third-order valence-electron chi connectivity index (χ3n) is 1.98. The molecule has 0 fully saturated rings. The van der Waals surface area contributed by atoms with Crippen molar-refractivity contribution >= 4 is 0 Å². The van der Waals surface area contributed by atoms with E-state index in [1.54, 1.807) is 19.1 Å². The van der Waals surface area contributed by atoms with Crippen LogP contribution in [0.2, 0.25) is 0 Å². The number of halogens is 1. The maximum Gasteiger partial charge on any atom is 0.123 e. The van der Waals surface area contributed by atoms with Crippen LogP contribution in [0.15, 0.2) is 24.3 Å². The van der Waals surface area contributed by atoms with Crippen molar-refractivity contribution in [3.63, 3.8) is 0 Å². The lowest BCUT2D eigenvalue weighted by Crippen LogP contribution is -2.18. The van der Waals surface area contributed by atoms with Gasteiger partial charge >= 0.3 is 0 Å². The number of nitrogens with one attached hydrogen (secondary N) is 1. The highest BCUT2D eigenvalue weighted by Crippen LogP contribution is 2.01. The summed E-state index contributed by atoms with van der Waals surface area (Å²) in [7, 11) is 0. The largest absolute Gasteiger partial charge is 0.393 e. The summed E-state index contributed by atoms with van der Waals surface area (Å²) in [5.74, 6) is -0.210. The fourth-order valence-corrected chi connectivity index (χ4v) is 1.15. The van der Waals surface area contributed by atoms with E-state index in [1.807, 2.05) is 0 Å². The molecule has 0 saturated heterocycles. The lowest BCUT2D eigenvalue weighted by Gasteiger charge is -2.06. The van der Waals surface area contributed by atoms with Crippen LogP contribution in [0.4, 0.5) is 4.39 Å². The number of benzene rings is 1. The fourth-order valence-electron chi connectivity index (χ4n) is 1.15. The minimum Gasteiger partial charge on any atom is -0.393 e. The molecule has 0 heterocycles. The summed E-state index contributed by atoms with van der Waals surface area (Å²) >= 11 is 0. The molecule has 2 N–H and O–H groups in total. The van der Waals surface area contributed by atoms with Gasteiger partial charge in [-0.2, -0.15) is 0 Å². The Hall–Kier alpha value is -0.930. The van der Waals surface area contributed by atoms with Gasteiger partial charge in [0.1, 0.15) is 5.82 Å². The van der Waals surface area contributed by atoms with Gasteiger partial charge in [0.25, 0.3) is 0 Å². The van der Waals surface area contributed by atoms with E-state index in [1.165, 1.54) is 12.1 Å². The summed E-state index contributed by atoms with van der Waals surface area (Å²) in [6, 6.07) is 6.41. The number of rotatable bonds is 5. The van der Waals surface area contributed by atoms with Gasteiger partial charge in [-0.1, -0.05) is 12.1 Å². The van der Waals surface area contributed by atoms with Gasteiger partial charge in [0, 0.05) is 6.54 Å². The Kier molecular flexibility index (Phi) is 4.56. The molecule has 0 unspecified atom stereocenters. The van der Waals surface area contributed by atoms with Crippen LogP contribution in [0, 0.1) is 5.82 Å². The second-order valence-corrected chi connectivity index (χ2v) is 3.44. The molecule has 0 spiro atoms. The number of hydrogen-bond donors (Lipinski definition) is 2. The van der Waals surface area contributed by atoms with Crippen LogP contribution in [-0.4, -0.2) is 17.8 Å². The zero-order valence-corrected chi connectivity index (χ0v) is 8.33. The Morgan fingerprint density at radius 3 is 2.57 bits per heavy atom. The van der Waals surface area contributed by atoms with Gasteiger partial charge in [-0.15, -0.1) is 0 Å². The number of hydrogen-bond acceptors (Lipinski definition) is 2. The van der Waals surface area contributed by atoms with Gasteiger partial charge < -0.3 is 10.4 Å².